The van der Waals surface area contributed by atoms with Crippen LogP contribution in [0.2, 0.25) is 0 Å². The largest absolute Gasteiger partial charge is 0.469 e. The molecule has 0 aliphatic rings. The van der Waals surface area contributed by atoms with Crippen LogP contribution < -0.4 is 0 Å². The summed E-state index contributed by atoms with van der Waals surface area (Å²) >= 11 is 0. The van der Waals surface area contributed by atoms with E-state index in [1.165, 1.54) is 25.3 Å². The summed E-state index contributed by atoms with van der Waals surface area (Å²) in [6.07, 6.45) is -0.0741. The molecular formula is C11H9FN2O3. The first kappa shape index (κ1) is 11.3. The highest BCUT2D eigenvalue weighted by atomic mass is 19.1. The molecule has 0 aliphatic carbocycles. The maximum atomic E-state index is 13.0. The third-order valence-electron chi connectivity index (χ3n) is 2.07. The molecule has 6 heteroatoms. The van der Waals surface area contributed by atoms with Gasteiger partial charge in [-0.05, 0) is 18.2 Å². The highest BCUT2D eigenvalue weighted by molar-refractivity contribution is 5.71. The highest BCUT2D eigenvalue weighted by Crippen LogP contribution is 2.17. The third-order valence-corrected chi connectivity index (χ3v) is 2.07. The van der Waals surface area contributed by atoms with Crippen LogP contribution in [0, 0.1) is 5.82 Å². The fourth-order valence-electron chi connectivity index (χ4n) is 1.27. The summed E-state index contributed by atoms with van der Waals surface area (Å²) in [5, 5.41) is 3.60. The topological polar surface area (TPSA) is 65.2 Å². The van der Waals surface area contributed by atoms with Crippen molar-refractivity contribution in [2.75, 3.05) is 7.11 Å². The van der Waals surface area contributed by atoms with Crippen LogP contribution in [0.3, 0.4) is 0 Å². The molecule has 0 amide bonds. The van der Waals surface area contributed by atoms with Gasteiger partial charge in [0, 0.05) is 5.56 Å². The molecule has 0 saturated carbocycles. The third kappa shape index (κ3) is 2.66. The molecule has 17 heavy (non-hydrogen) atoms. The number of ether oxygens (including phenoxy) is 1. The van der Waals surface area contributed by atoms with Crippen LogP contribution >= 0.6 is 0 Å². The SMILES string of the molecule is COC(=O)Cc1noc(-c2cccc(F)c2)n1. The number of carbonyl (C=O) groups is 1. The Morgan fingerprint density at radius 2 is 2.35 bits per heavy atom. The van der Waals surface area contributed by atoms with E-state index in [2.05, 4.69) is 14.9 Å². The van der Waals surface area contributed by atoms with Gasteiger partial charge in [-0.2, -0.15) is 4.98 Å². The molecule has 0 bridgehead atoms. The summed E-state index contributed by atoms with van der Waals surface area (Å²) < 4.78 is 22.3. The molecule has 1 aromatic carbocycles. The van der Waals surface area contributed by atoms with Gasteiger partial charge in [-0.3, -0.25) is 4.79 Å². The molecule has 0 atom stereocenters. The molecule has 0 unspecified atom stereocenters. The van der Waals surface area contributed by atoms with Gasteiger partial charge in [0.2, 0.25) is 0 Å². The van der Waals surface area contributed by atoms with Crippen LogP contribution in [0.25, 0.3) is 11.5 Å². The molecule has 88 valence electrons. The summed E-state index contributed by atoms with van der Waals surface area (Å²) in [5.41, 5.74) is 0.466. The van der Waals surface area contributed by atoms with E-state index in [1.807, 2.05) is 0 Å². The van der Waals surface area contributed by atoms with E-state index in [0.29, 0.717) is 5.56 Å². The van der Waals surface area contributed by atoms with E-state index in [9.17, 15) is 9.18 Å². The van der Waals surface area contributed by atoms with Crippen molar-refractivity contribution in [2.45, 2.75) is 6.42 Å². The van der Waals surface area contributed by atoms with E-state index in [0.717, 1.165) is 0 Å². The van der Waals surface area contributed by atoms with Gasteiger partial charge in [0.1, 0.15) is 12.2 Å². The first-order valence-corrected chi connectivity index (χ1v) is 4.84. The van der Waals surface area contributed by atoms with Crippen molar-refractivity contribution < 1.29 is 18.4 Å². The summed E-state index contributed by atoms with van der Waals surface area (Å²) in [6, 6.07) is 5.76. The molecule has 2 rings (SSSR count). The number of hydrogen-bond acceptors (Lipinski definition) is 5. The Morgan fingerprint density at radius 1 is 1.53 bits per heavy atom. The standard InChI is InChI=1S/C11H9FN2O3/c1-16-10(15)6-9-13-11(17-14-9)7-3-2-4-8(12)5-7/h2-5H,6H2,1H3. The highest BCUT2D eigenvalue weighted by Gasteiger charge is 2.12. The molecular weight excluding hydrogens is 227 g/mol. The molecule has 0 fully saturated rings. The number of methoxy groups -OCH3 is 1. The van der Waals surface area contributed by atoms with Crippen LogP contribution in [0.1, 0.15) is 5.82 Å². The van der Waals surface area contributed by atoms with Gasteiger partial charge >= 0.3 is 5.97 Å². The average molecular weight is 236 g/mol. The number of rotatable bonds is 3. The molecule has 0 saturated heterocycles. The minimum atomic E-state index is -0.461. The molecule has 0 N–H and O–H groups in total. The first-order chi connectivity index (χ1) is 8.19. The fraction of sp³-hybridized carbons (Fsp3) is 0.182. The molecule has 0 aliphatic heterocycles. The predicted octanol–water partition coefficient (Wildman–Crippen LogP) is 1.59. The molecule has 5 nitrogen and oxygen atoms in total. The molecule has 0 spiro atoms. The van der Waals surface area contributed by atoms with Gasteiger partial charge in [0.15, 0.2) is 5.82 Å². The smallest absolute Gasteiger partial charge is 0.313 e. The summed E-state index contributed by atoms with van der Waals surface area (Å²) in [5.74, 6) is -0.480. The normalized spacial score (nSPS) is 10.2. The van der Waals surface area contributed by atoms with Crippen LogP contribution in [-0.2, 0) is 16.0 Å². The van der Waals surface area contributed by atoms with E-state index in [-0.39, 0.29) is 18.1 Å². The average Bonchev–Trinajstić information content (AvgIpc) is 2.77. The summed E-state index contributed by atoms with van der Waals surface area (Å²) in [7, 11) is 1.27. The van der Waals surface area contributed by atoms with E-state index in [4.69, 9.17) is 4.52 Å². The Bertz CT molecular complexity index is 539. The zero-order valence-electron chi connectivity index (χ0n) is 9.01. The van der Waals surface area contributed by atoms with Gasteiger partial charge in [-0.15, -0.1) is 0 Å². The van der Waals surface area contributed by atoms with Crippen LogP contribution in [-0.4, -0.2) is 23.2 Å². The fourth-order valence-corrected chi connectivity index (χ4v) is 1.27. The second-order valence-electron chi connectivity index (χ2n) is 3.28. The molecule has 0 radical (unpaired) electrons. The Kier molecular flexibility index (Phi) is 3.13. The Hall–Kier alpha value is -2.24. The quantitative estimate of drug-likeness (QED) is 0.757. The zero-order chi connectivity index (χ0) is 12.3. The van der Waals surface area contributed by atoms with Gasteiger partial charge < -0.3 is 9.26 Å². The number of halogens is 1. The van der Waals surface area contributed by atoms with Gasteiger partial charge in [0.05, 0.1) is 7.11 Å². The number of nitrogens with zero attached hydrogens (tertiary/aromatic N) is 2. The number of carbonyl (C=O) groups excluding carboxylic acids is 1. The van der Waals surface area contributed by atoms with Gasteiger partial charge in [-0.1, -0.05) is 11.2 Å². The minimum Gasteiger partial charge on any atom is -0.469 e. The van der Waals surface area contributed by atoms with Crippen LogP contribution in [0.5, 0.6) is 0 Å². The molecule has 1 heterocycles. The van der Waals surface area contributed by atoms with E-state index >= 15 is 0 Å². The molecule has 1 aromatic heterocycles. The maximum Gasteiger partial charge on any atom is 0.313 e. The summed E-state index contributed by atoms with van der Waals surface area (Å²) in [6.45, 7) is 0. The van der Waals surface area contributed by atoms with Crippen molar-refractivity contribution in [2.24, 2.45) is 0 Å². The number of benzene rings is 1. The lowest BCUT2D eigenvalue weighted by Gasteiger charge is -1.93. The van der Waals surface area contributed by atoms with Crippen LogP contribution in [0.4, 0.5) is 4.39 Å². The monoisotopic (exact) mass is 236 g/mol. The lowest BCUT2D eigenvalue weighted by atomic mass is 10.2. The number of esters is 1. The zero-order valence-corrected chi connectivity index (χ0v) is 9.01. The van der Waals surface area contributed by atoms with Crippen molar-refractivity contribution >= 4 is 5.97 Å². The second kappa shape index (κ2) is 4.73. The Morgan fingerprint density at radius 3 is 3.06 bits per heavy atom. The first-order valence-electron chi connectivity index (χ1n) is 4.84. The number of hydrogen-bond donors (Lipinski definition) is 0. The van der Waals surface area contributed by atoms with E-state index < -0.39 is 11.8 Å². The van der Waals surface area contributed by atoms with Crippen molar-refractivity contribution in [3.63, 3.8) is 0 Å². The van der Waals surface area contributed by atoms with Gasteiger partial charge in [0.25, 0.3) is 5.89 Å². The van der Waals surface area contributed by atoms with E-state index in [1.54, 1.807) is 6.07 Å². The Labute approximate surface area is 96.2 Å². The molecule has 2 aromatic rings. The maximum absolute atomic E-state index is 13.0. The lowest BCUT2D eigenvalue weighted by molar-refractivity contribution is -0.139. The van der Waals surface area contributed by atoms with Crippen molar-refractivity contribution in [1.29, 1.82) is 0 Å². The van der Waals surface area contributed by atoms with Crippen molar-refractivity contribution in [3.8, 4) is 11.5 Å². The lowest BCUT2D eigenvalue weighted by Crippen LogP contribution is -2.05. The van der Waals surface area contributed by atoms with Crippen molar-refractivity contribution in [3.05, 3.63) is 35.9 Å². The van der Waals surface area contributed by atoms with Crippen LogP contribution in [0.15, 0.2) is 28.8 Å². The second-order valence-corrected chi connectivity index (χ2v) is 3.28. The summed E-state index contributed by atoms with van der Waals surface area (Å²) in [4.78, 5) is 14.9. The van der Waals surface area contributed by atoms with Crippen molar-refractivity contribution in [1.82, 2.24) is 10.1 Å². The Balaban J connectivity index is 2.21. The number of aromatic nitrogens is 2. The minimum absolute atomic E-state index is 0.0741. The van der Waals surface area contributed by atoms with Gasteiger partial charge in [-0.25, -0.2) is 4.39 Å². The predicted molar refractivity (Wildman–Crippen MR) is 55.4 cm³/mol.